The lowest BCUT2D eigenvalue weighted by Crippen LogP contribution is -2.27. The molecule has 0 saturated carbocycles. The van der Waals surface area contributed by atoms with Gasteiger partial charge < -0.3 is 9.64 Å². The van der Waals surface area contributed by atoms with E-state index in [0.717, 1.165) is 5.56 Å². The molecule has 0 fully saturated rings. The molecule has 0 aliphatic rings. The van der Waals surface area contributed by atoms with Crippen LogP contribution in [0.5, 0.6) is 5.75 Å². The molecule has 0 atom stereocenters. The SMILES string of the molecule is CCN(C)C(=O)c1cc(S(=O)(=O)Nc2ccc(OC)cc2)ccc1C. The van der Waals surface area contributed by atoms with Crippen LogP contribution in [-0.2, 0) is 10.0 Å². The van der Waals surface area contributed by atoms with Crippen LogP contribution in [-0.4, -0.2) is 39.9 Å². The number of carbonyl (C=O) groups is 1. The highest BCUT2D eigenvalue weighted by atomic mass is 32.2. The van der Waals surface area contributed by atoms with Gasteiger partial charge >= 0.3 is 0 Å². The van der Waals surface area contributed by atoms with Gasteiger partial charge in [0.25, 0.3) is 15.9 Å². The summed E-state index contributed by atoms with van der Waals surface area (Å²) in [4.78, 5) is 14.0. The van der Waals surface area contributed by atoms with Gasteiger partial charge in [-0.05, 0) is 55.8 Å². The fourth-order valence-corrected chi connectivity index (χ4v) is 3.31. The molecule has 134 valence electrons. The van der Waals surface area contributed by atoms with Gasteiger partial charge in [0.15, 0.2) is 0 Å². The number of hydrogen-bond donors (Lipinski definition) is 1. The van der Waals surface area contributed by atoms with E-state index in [9.17, 15) is 13.2 Å². The highest BCUT2D eigenvalue weighted by Crippen LogP contribution is 2.22. The fourth-order valence-electron chi connectivity index (χ4n) is 2.22. The van der Waals surface area contributed by atoms with Crippen LogP contribution in [0.4, 0.5) is 5.69 Å². The van der Waals surface area contributed by atoms with Gasteiger partial charge in [0.1, 0.15) is 5.75 Å². The average Bonchev–Trinajstić information content (AvgIpc) is 2.61. The van der Waals surface area contributed by atoms with Gasteiger partial charge in [-0.3, -0.25) is 9.52 Å². The van der Waals surface area contributed by atoms with E-state index in [-0.39, 0.29) is 10.8 Å². The molecule has 0 radical (unpaired) electrons. The lowest BCUT2D eigenvalue weighted by atomic mass is 10.1. The van der Waals surface area contributed by atoms with Crippen LogP contribution in [0.15, 0.2) is 47.4 Å². The van der Waals surface area contributed by atoms with Gasteiger partial charge in [-0.1, -0.05) is 6.07 Å². The molecule has 2 aromatic rings. The van der Waals surface area contributed by atoms with E-state index >= 15 is 0 Å². The van der Waals surface area contributed by atoms with E-state index in [0.29, 0.717) is 23.5 Å². The number of anilines is 1. The minimum Gasteiger partial charge on any atom is -0.497 e. The van der Waals surface area contributed by atoms with Gasteiger partial charge in [-0.2, -0.15) is 0 Å². The summed E-state index contributed by atoms with van der Waals surface area (Å²) in [5, 5.41) is 0. The van der Waals surface area contributed by atoms with Crippen LogP contribution >= 0.6 is 0 Å². The molecule has 2 aromatic carbocycles. The van der Waals surface area contributed by atoms with Crippen molar-refractivity contribution in [2.75, 3.05) is 25.4 Å². The normalized spacial score (nSPS) is 11.0. The maximum absolute atomic E-state index is 12.6. The Kier molecular flexibility index (Phi) is 5.69. The Balaban J connectivity index is 2.34. The van der Waals surface area contributed by atoms with E-state index in [2.05, 4.69) is 4.72 Å². The van der Waals surface area contributed by atoms with Crippen molar-refractivity contribution >= 4 is 21.6 Å². The van der Waals surface area contributed by atoms with E-state index in [1.165, 1.54) is 24.1 Å². The minimum atomic E-state index is -3.80. The summed E-state index contributed by atoms with van der Waals surface area (Å²) in [6.07, 6.45) is 0. The van der Waals surface area contributed by atoms with Crippen molar-refractivity contribution in [1.82, 2.24) is 4.90 Å². The van der Waals surface area contributed by atoms with Crippen LogP contribution in [0, 0.1) is 6.92 Å². The maximum atomic E-state index is 12.6. The number of hydrogen-bond acceptors (Lipinski definition) is 4. The summed E-state index contributed by atoms with van der Waals surface area (Å²) in [6.45, 7) is 4.18. The largest absolute Gasteiger partial charge is 0.497 e. The highest BCUT2D eigenvalue weighted by Gasteiger charge is 2.19. The van der Waals surface area contributed by atoms with Crippen LogP contribution in [0.3, 0.4) is 0 Å². The fraction of sp³-hybridized carbons (Fsp3) is 0.278. The predicted molar refractivity (Wildman–Crippen MR) is 97.6 cm³/mol. The Hall–Kier alpha value is -2.54. The summed E-state index contributed by atoms with van der Waals surface area (Å²) < 4.78 is 32.8. The van der Waals surface area contributed by atoms with Crippen LogP contribution in [0.25, 0.3) is 0 Å². The molecule has 0 saturated heterocycles. The summed E-state index contributed by atoms with van der Waals surface area (Å²) in [5.41, 5.74) is 1.52. The first-order valence-corrected chi connectivity index (χ1v) is 9.29. The Labute approximate surface area is 148 Å². The zero-order chi connectivity index (χ0) is 18.6. The van der Waals surface area contributed by atoms with Crippen molar-refractivity contribution in [2.45, 2.75) is 18.7 Å². The Morgan fingerprint density at radius 1 is 1.16 bits per heavy atom. The number of nitrogens with one attached hydrogen (secondary N) is 1. The molecule has 6 nitrogen and oxygen atoms in total. The van der Waals surface area contributed by atoms with Crippen molar-refractivity contribution in [3.8, 4) is 5.75 Å². The monoisotopic (exact) mass is 362 g/mol. The highest BCUT2D eigenvalue weighted by molar-refractivity contribution is 7.92. The van der Waals surface area contributed by atoms with Crippen LogP contribution in [0.2, 0.25) is 0 Å². The quantitative estimate of drug-likeness (QED) is 0.857. The molecular formula is C18H22N2O4S. The number of amides is 1. The van der Waals surface area contributed by atoms with E-state index in [4.69, 9.17) is 4.74 Å². The minimum absolute atomic E-state index is 0.0433. The third kappa shape index (κ3) is 4.30. The molecule has 7 heteroatoms. The lowest BCUT2D eigenvalue weighted by molar-refractivity contribution is 0.0801. The standard InChI is InChI=1S/C18H22N2O4S/c1-5-20(3)18(21)17-12-16(11-6-13(17)2)25(22,23)19-14-7-9-15(24-4)10-8-14/h6-12,19H,5H2,1-4H3. The Bertz CT molecular complexity index is 861. The molecule has 0 aromatic heterocycles. The first kappa shape index (κ1) is 18.8. The molecule has 0 bridgehead atoms. The number of sulfonamides is 1. The van der Waals surface area contributed by atoms with E-state index < -0.39 is 10.0 Å². The number of carbonyl (C=O) groups excluding carboxylic acids is 1. The first-order chi connectivity index (χ1) is 11.8. The van der Waals surface area contributed by atoms with Crippen LogP contribution in [0.1, 0.15) is 22.8 Å². The van der Waals surface area contributed by atoms with Gasteiger partial charge in [-0.15, -0.1) is 0 Å². The van der Waals surface area contributed by atoms with E-state index in [1.54, 1.807) is 44.3 Å². The molecule has 0 aliphatic heterocycles. The number of nitrogens with zero attached hydrogens (tertiary/aromatic N) is 1. The second kappa shape index (κ2) is 7.57. The maximum Gasteiger partial charge on any atom is 0.261 e. The Morgan fingerprint density at radius 3 is 2.36 bits per heavy atom. The molecule has 2 rings (SSSR count). The number of benzene rings is 2. The van der Waals surface area contributed by atoms with E-state index in [1.807, 2.05) is 6.92 Å². The predicted octanol–water partition coefficient (Wildman–Crippen LogP) is 2.90. The molecule has 1 amide bonds. The van der Waals surface area contributed by atoms with Crippen molar-refractivity contribution < 1.29 is 17.9 Å². The molecule has 1 N–H and O–H groups in total. The third-order valence-electron chi connectivity index (χ3n) is 3.91. The topological polar surface area (TPSA) is 75.7 Å². The van der Waals surface area contributed by atoms with Gasteiger partial charge in [0.05, 0.1) is 12.0 Å². The smallest absolute Gasteiger partial charge is 0.261 e. The number of aryl methyl sites for hydroxylation is 1. The number of ether oxygens (including phenoxy) is 1. The lowest BCUT2D eigenvalue weighted by Gasteiger charge is -2.17. The van der Waals surface area contributed by atoms with Crippen molar-refractivity contribution in [3.05, 3.63) is 53.6 Å². The third-order valence-corrected chi connectivity index (χ3v) is 5.29. The van der Waals surface area contributed by atoms with Crippen molar-refractivity contribution in [1.29, 1.82) is 0 Å². The zero-order valence-electron chi connectivity index (χ0n) is 14.7. The summed E-state index contributed by atoms with van der Waals surface area (Å²) in [7, 11) is -0.582. The number of rotatable bonds is 6. The zero-order valence-corrected chi connectivity index (χ0v) is 15.6. The summed E-state index contributed by atoms with van der Waals surface area (Å²) >= 11 is 0. The second-order valence-corrected chi connectivity index (χ2v) is 7.31. The molecule has 0 spiro atoms. The summed E-state index contributed by atoms with van der Waals surface area (Å²) in [5.74, 6) is 0.426. The summed E-state index contributed by atoms with van der Waals surface area (Å²) in [6, 6.07) is 11.1. The van der Waals surface area contributed by atoms with Gasteiger partial charge in [0.2, 0.25) is 0 Å². The molecule has 0 heterocycles. The Morgan fingerprint density at radius 2 is 1.80 bits per heavy atom. The van der Waals surface area contributed by atoms with Crippen molar-refractivity contribution in [3.63, 3.8) is 0 Å². The molecule has 25 heavy (non-hydrogen) atoms. The molecule has 0 unspecified atom stereocenters. The van der Waals surface area contributed by atoms with Crippen molar-refractivity contribution in [2.24, 2.45) is 0 Å². The molecular weight excluding hydrogens is 340 g/mol. The number of methoxy groups -OCH3 is 1. The average molecular weight is 362 g/mol. The van der Waals surface area contributed by atoms with Gasteiger partial charge in [-0.25, -0.2) is 8.42 Å². The second-order valence-electron chi connectivity index (χ2n) is 5.63. The first-order valence-electron chi connectivity index (χ1n) is 7.81. The molecule has 0 aliphatic carbocycles. The van der Waals surface area contributed by atoms with Crippen LogP contribution < -0.4 is 9.46 Å². The van der Waals surface area contributed by atoms with Gasteiger partial charge in [0, 0.05) is 24.8 Å².